The molecule has 0 spiro atoms. The van der Waals surface area contributed by atoms with Gasteiger partial charge in [0.05, 0.1) is 6.54 Å². The highest BCUT2D eigenvalue weighted by atomic mass is 19.4. The molecule has 6 heteroatoms. The van der Waals surface area contributed by atoms with Crippen LogP contribution in [0.5, 0.6) is 0 Å². The lowest BCUT2D eigenvalue weighted by Gasteiger charge is -2.38. The molecule has 0 radical (unpaired) electrons. The van der Waals surface area contributed by atoms with Crippen LogP contribution in [0.4, 0.5) is 13.2 Å². The van der Waals surface area contributed by atoms with Crippen LogP contribution >= 0.6 is 0 Å². The summed E-state index contributed by atoms with van der Waals surface area (Å²) in [5, 5.41) is 3.47. The maximum absolute atomic E-state index is 12.3. The average Bonchev–Trinajstić information content (AvgIpc) is 2.77. The van der Waals surface area contributed by atoms with Gasteiger partial charge < -0.3 is 5.32 Å². The number of hydrogen-bond donors (Lipinski definition) is 1. The Labute approximate surface area is 113 Å². The summed E-state index contributed by atoms with van der Waals surface area (Å²) in [6.45, 7) is 4.99. The lowest BCUT2D eigenvalue weighted by atomic mass is 10.1. The molecule has 1 N–H and O–H groups in total. The highest BCUT2D eigenvalue weighted by Gasteiger charge is 2.34. The van der Waals surface area contributed by atoms with Crippen molar-refractivity contribution in [2.75, 3.05) is 39.3 Å². The van der Waals surface area contributed by atoms with Crippen LogP contribution < -0.4 is 5.32 Å². The summed E-state index contributed by atoms with van der Waals surface area (Å²) in [6, 6.07) is 1.17. The Bertz CT molecular complexity index is 275. The van der Waals surface area contributed by atoms with Crippen molar-refractivity contribution >= 4 is 0 Å². The zero-order valence-electron chi connectivity index (χ0n) is 11.5. The van der Waals surface area contributed by atoms with E-state index in [1.54, 1.807) is 0 Å². The van der Waals surface area contributed by atoms with Gasteiger partial charge >= 0.3 is 6.18 Å². The molecule has 0 aromatic heterocycles. The van der Waals surface area contributed by atoms with E-state index in [-0.39, 0.29) is 0 Å². The molecule has 0 amide bonds. The lowest BCUT2D eigenvalue weighted by molar-refractivity contribution is -0.149. The molecule has 1 saturated heterocycles. The molecule has 1 aliphatic heterocycles. The van der Waals surface area contributed by atoms with Crippen molar-refractivity contribution in [1.29, 1.82) is 0 Å². The fourth-order valence-electron chi connectivity index (χ4n) is 3.30. The third-order valence-corrected chi connectivity index (χ3v) is 4.22. The molecule has 2 fully saturated rings. The van der Waals surface area contributed by atoms with Crippen LogP contribution in [-0.2, 0) is 0 Å². The van der Waals surface area contributed by atoms with Crippen molar-refractivity contribution in [3.05, 3.63) is 0 Å². The molecule has 1 saturated carbocycles. The van der Waals surface area contributed by atoms with Crippen LogP contribution in [-0.4, -0.2) is 67.3 Å². The monoisotopic (exact) mass is 279 g/mol. The van der Waals surface area contributed by atoms with Gasteiger partial charge in [-0.2, -0.15) is 13.2 Å². The van der Waals surface area contributed by atoms with Crippen molar-refractivity contribution in [2.24, 2.45) is 0 Å². The van der Waals surface area contributed by atoms with Crippen LogP contribution in [0, 0.1) is 0 Å². The van der Waals surface area contributed by atoms with Gasteiger partial charge in [-0.05, 0) is 25.8 Å². The van der Waals surface area contributed by atoms with E-state index < -0.39 is 12.7 Å². The minimum atomic E-state index is -4.06. The lowest BCUT2D eigenvalue weighted by Crippen LogP contribution is -2.51. The molecule has 1 aliphatic carbocycles. The van der Waals surface area contributed by atoms with E-state index >= 15 is 0 Å². The molecule has 2 rings (SSSR count). The first-order chi connectivity index (χ1) is 8.98. The molecule has 0 bridgehead atoms. The van der Waals surface area contributed by atoms with Gasteiger partial charge in [-0.15, -0.1) is 0 Å². The second-order valence-corrected chi connectivity index (χ2v) is 5.65. The summed E-state index contributed by atoms with van der Waals surface area (Å²) >= 11 is 0. The number of hydrogen-bond acceptors (Lipinski definition) is 3. The minimum absolute atomic E-state index is 0.544. The van der Waals surface area contributed by atoms with Crippen LogP contribution in [0.25, 0.3) is 0 Å². The Morgan fingerprint density at radius 3 is 2.37 bits per heavy atom. The highest BCUT2D eigenvalue weighted by Crippen LogP contribution is 2.26. The number of alkyl halides is 3. The molecular weight excluding hydrogens is 255 g/mol. The first kappa shape index (κ1) is 15.1. The van der Waals surface area contributed by atoms with E-state index in [0.29, 0.717) is 25.2 Å². The van der Waals surface area contributed by atoms with Gasteiger partial charge in [0.25, 0.3) is 0 Å². The van der Waals surface area contributed by atoms with Gasteiger partial charge in [-0.25, -0.2) is 0 Å². The molecule has 2 aliphatic rings. The number of piperazine rings is 1. The van der Waals surface area contributed by atoms with Gasteiger partial charge in [-0.1, -0.05) is 6.92 Å². The second kappa shape index (κ2) is 6.41. The fourth-order valence-corrected chi connectivity index (χ4v) is 3.30. The Morgan fingerprint density at radius 2 is 1.79 bits per heavy atom. The topological polar surface area (TPSA) is 18.5 Å². The highest BCUT2D eigenvalue weighted by molar-refractivity contribution is 4.88. The zero-order valence-corrected chi connectivity index (χ0v) is 11.5. The number of halogens is 3. The Balaban J connectivity index is 1.72. The Hall–Kier alpha value is -0.330. The number of nitrogens with one attached hydrogen (secondary N) is 1. The minimum Gasteiger partial charge on any atom is -0.314 e. The molecule has 2 atom stereocenters. The molecule has 19 heavy (non-hydrogen) atoms. The van der Waals surface area contributed by atoms with Crippen LogP contribution in [0.2, 0.25) is 0 Å². The van der Waals surface area contributed by atoms with Crippen LogP contribution in [0.15, 0.2) is 0 Å². The van der Waals surface area contributed by atoms with Crippen molar-refractivity contribution < 1.29 is 13.2 Å². The van der Waals surface area contributed by atoms with Gasteiger partial charge in [-0.3, -0.25) is 9.80 Å². The predicted octanol–water partition coefficient (Wildman–Crippen LogP) is 1.70. The SMILES string of the molecule is CCNC1CCC(N2CCN(CC(F)(F)F)CC2)C1. The molecule has 0 aromatic rings. The van der Waals surface area contributed by atoms with Crippen molar-refractivity contribution in [1.82, 2.24) is 15.1 Å². The maximum atomic E-state index is 12.3. The summed E-state index contributed by atoms with van der Waals surface area (Å²) < 4.78 is 36.9. The summed E-state index contributed by atoms with van der Waals surface area (Å²) in [5.74, 6) is 0. The Kier molecular flexibility index (Phi) is 5.09. The van der Waals surface area contributed by atoms with Crippen LogP contribution in [0.3, 0.4) is 0 Å². The van der Waals surface area contributed by atoms with E-state index in [0.717, 1.165) is 26.1 Å². The summed E-state index contributed by atoms with van der Waals surface area (Å²) in [5.41, 5.74) is 0. The third-order valence-electron chi connectivity index (χ3n) is 4.22. The Morgan fingerprint density at radius 1 is 1.11 bits per heavy atom. The van der Waals surface area contributed by atoms with E-state index in [2.05, 4.69) is 17.1 Å². The summed E-state index contributed by atoms with van der Waals surface area (Å²) in [6.07, 6.45) is -0.545. The molecule has 112 valence electrons. The zero-order chi connectivity index (χ0) is 13.9. The smallest absolute Gasteiger partial charge is 0.314 e. The van der Waals surface area contributed by atoms with Gasteiger partial charge in [0.15, 0.2) is 0 Å². The van der Waals surface area contributed by atoms with E-state index in [9.17, 15) is 13.2 Å². The first-order valence-corrected chi connectivity index (χ1v) is 7.24. The second-order valence-electron chi connectivity index (χ2n) is 5.65. The van der Waals surface area contributed by atoms with Crippen molar-refractivity contribution in [3.8, 4) is 0 Å². The summed E-state index contributed by atoms with van der Waals surface area (Å²) in [4.78, 5) is 3.90. The quantitative estimate of drug-likeness (QED) is 0.845. The van der Waals surface area contributed by atoms with E-state index in [4.69, 9.17) is 0 Å². The van der Waals surface area contributed by atoms with Crippen molar-refractivity contribution in [2.45, 2.75) is 44.4 Å². The predicted molar refractivity (Wildman–Crippen MR) is 69.2 cm³/mol. The number of rotatable bonds is 4. The van der Waals surface area contributed by atoms with E-state index in [1.165, 1.54) is 17.7 Å². The molecule has 2 unspecified atom stereocenters. The molecule has 0 aromatic carbocycles. The van der Waals surface area contributed by atoms with E-state index in [1.807, 2.05) is 0 Å². The molecular formula is C13H24F3N3. The van der Waals surface area contributed by atoms with Crippen molar-refractivity contribution in [3.63, 3.8) is 0 Å². The molecule has 1 heterocycles. The standard InChI is InChI=1S/C13H24F3N3/c1-2-17-11-3-4-12(9-11)19-7-5-18(6-8-19)10-13(14,15)16/h11-12,17H,2-10H2,1H3. The fraction of sp³-hybridized carbons (Fsp3) is 1.00. The maximum Gasteiger partial charge on any atom is 0.401 e. The average molecular weight is 279 g/mol. The normalized spacial score (nSPS) is 30.9. The molecule has 3 nitrogen and oxygen atoms in total. The summed E-state index contributed by atoms with van der Waals surface area (Å²) in [7, 11) is 0. The first-order valence-electron chi connectivity index (χ1n) is 7.24. The number of nitrogens with zero attached hydrogens (tertiary/aromatic N) is 2. The third kappa shape index (κ3) is 4.61. The van der Waals surface area contributed by atoms with Crippen LogP contribution in [0.1, 0.15) is 26.2 Å². The largest absolute Gasteiger partial charge is 0.401 e. The van der Waals surface area contributed by atoms with Gasteiger partial charge in [0, 0.05) is 38.3 Å². The van der Waals surface area contributed by atoms with Gasteiger partial charge in [0.1, 0.15) is 0 Å². The van der Waals surface area contributed by atoms with Gasteiger partial charge in [0.2, 0.25) is 0 Å².